The largest absolute Gasteiger partial charge is 0.390 e. The summed E-state index contributed by atoms with van der Waals surface area (Å²) in [5.41, 5.74) is 2.58. The fraction of sp³-hybridized carbons (Fsp3) is 0.406. The Hall–Kier alpha value is -3.18. The van der Waals surface area contributed by atoms with Gasteiger partial charge >= 0.3 is 0 Å². The van der Waals surface area contributed by atoms with Gasteiger partial charge in [0.1, 0.15) is 11.6 Å². The zero-order valence-corrected chi connectivity index (χ0v) is 25.3. The van der Waals surface area contributed by atoms with E-state index in [0.717, 1.165) is 30.2 Å². The van der Waals surface area contributed by atoms with E-state index in [2.05, 4.69) is 23.6 Å². The van der Waals surface area contributed by atoms with Crippen molar-refractivity contribution in [2.24, 2.45) is 0 Å². The summed E-state index contributed by atoms with van der Waals surface area (Å²) in [5.74, 6) is -2.14. The van der Waals surface area contributed by atoms with Gasteiger partial charge in [-0.05, 0) is 72.7 Å². The Kier molecular flexibility index (Phi) is 12.6. The van der Waals surface area contributed by atoms with Crippen molar-refractivity contribution >= 4 is 15.9 Å². The van der Waals surface area contributed by atoms with Crippen LogP contribution in [-0.2, 0) is 29.4 Å². The lowest BCUT2D eigenvalue weighted by molar-refractivity contribution is 0.0829. The molecule has 2 atom stereocenters. The van der Waals surface area contributed by atoms with E-state index in [1.165, 1.54) is 34.1 Å². The van der Waals surface area contributed by atoms with Crippen LogP contribution in [0.25, 0.3) is 0 Å². The van der Waals surface area contributed by atoms with Gasteiger partial charge in [-0.25, -0.2) is 17.2 Å². The average molecular weight is 602 g/mol. The summed E-state index contributed by atoms with van der Waals surface area (Å²) in [5, 5.41) is 17.0. The molecule has 3 N–H and O–H groups in total. The molecule has 3 rings (SSSR count). The molecule has 0 aliphatic heterocycles. The smallest absolute Gasteiger partial charge is 0.251 e. The number of hydrogen-bond acceptors (Lipinski definition) is 5. The molecule has 10 heteroatoms. The van der Waals surface area contributed by atoms with Crippen LogP contribution in [0.3, 0.4) is 0 Å². The van der Waals surface area contributed by atoms with E-state index in [1.807, 2.05) is 32.0 Å². The summed E-state index contributed by atoms with van der Waals surface area (Å²) in [6, 6.07) is 15.9. The predicted molar refractivity (Wildman–Crippen MR) is 161 cm³/mol. The van der Waals surface area contributed by atoms with Gasteiger partial charge in [-0.3, -0.25) is 4.79 Å². The summed E-state index contributed by atoms with van der Waals surface area (Å²) in [4.78, 5) is 13.3. The second-order valence-electron chi connectivity index (χ2n) is 10.4. The summed E-state index contributed by atoms with van der Waals surface area (Å²) in [6.07, 6.45) is 1.03. The average Bonchev–Trinajstić information content (AvgIpc) is 2.96. The van der Waals surface area contributed by atoms with Crippen molar-refractivity contribution in [1.29, 1.82) is 0 Å². The van der Waals surface area contributed by atoms with Crippen LogP contribution in [-0.4, -0.2) is 55.5 Å². The van der Waals surface area contributed by atoms with Gasteiger partial charge in [0.05, 0.1) is 17.0 Å². The van der Waals surface area contributed by atoms with Gasteiger partial charge in [0.15, 0.2) is 0 Å². The van der Waals surface area contributed by atoms with Crippen LogP contribution >= 0.6 is 0 Å². The molecule has 0 saturated heterocycles. The zero-order chi connectivity index (χ0) is 30.7. The molecule has 0 aromatic heterocycles. The van der Waals surface area contributed by atoms with Gasteiger partial charge in [-0.15, -0.1) is 0 Å². The number of benzene rings is 3. The number of hydrogen-bond donors (Lipinski definition) is 3. The van der Waals surface area contributed by atoms with Crippen LogP contribution in [0.1, 0.15) is 60.7 Å². The Morgan fingerprint density at radius 3 is 2.17 bits per heavy atom. The third-order valence-corrected chi connectivity index (χ3v) is 8.82. The van der Waals surface area contributed by atoms with Crippen molar-refractivity contribution in [3.63, 3.8) is 0 Å². The maximum absolute atomic E-state index is 13.9. The lowest BCUT2D eigenvalue weighted by Crippen LogP contribution is -2.48. The van der Waals surface area contributed by atoms with Crippen molar-refractivity contribution in [1.82, 2.24) is 14.9 Å². The van der Waals surface area contributed by atoms with Crippen LogP contribution in [0.15, 0.2) is 71.6 Å². The first-order chi connectivity index (χ1) is 20.1. The van der Waals surface area contributed by atoms with Gasteiger partial charge < -0.3 is 15.7 Å². The summed E-state index contributed by atoms with van der Waals surface area (Å²) in [6.45, 7) is 7.16. The molecule has 1 amide bonds. The molecule has 0 aliphatic rings. The third kappa shape index (κ3) is 9.42. The number of sulfonamides is 1. The van der Waals surface area contributed by atoms with Crippen molar-refractivity contribution in [2.75, 3.05) is 19.6 Å². The summed E-state index contributed by atoms with van der Waals surface area (Å²) >= 11 is 0. The highest BCUT2D eigenvalue weighted by Crippen LogP contribution is 2.19. The molecular formula is C32H41F2N3O4S. The van der Waals surface area contributed by atoms with E-state index in [4.69, 9.17) is 0 Å². The van der Waals surface area contributed by atoms with E-state index in [1.54, 1.807) is 0 Å². The minimum atomic E-state index is -3.82. The van der Waals surface area contributed by atoms with Crippen LogP contribution in [0, 0.1) is 11.6 Å². The molecule has 42 heavy (non-hydrogen) atoms. The van der Waals surface area contributed by atoms with Crippen LogP contribution in [0.2, 0.25) is 0 Å². The Bertz CT molecular complexity index is 1410. The number of nitrogens with one attached hydrogen (secondary N) is 2. The predicted octanol–water partition coefficient (Wildman–Crippen LogP) is 4.83. The first-order valence-corrected chi connectivity index (χ1v) is 15.8. The van der Waals surface area contributed by atoms with Gasteiger partial charge in [-0.1, -0.05) is 51.1 Å². The molecule has 0 fully saturated rings. The maximum Gasteiger partial charge on any atom is 0.251 e. The standard InChI is InChI=1S/C32H41F2N3O4S/c1-4-13-37(14-5-2)42(40,41)29-12-8-11-26(19-29)32(39)36-30(18-25-16-27(33)20-28(34)17-25)31(38)22-35-21-24-10-7-9-23(6-3)15-24/h7-12,15-17,19-20,30-31,35,38H,4-6,13-14,18,21-22H2,1-3H3,(H,36,39)/t30-,31+/m1/s1. The van der Waals surface area contributed by atoms with Crippen LogP contribution in [0.4, 0.5) is 8.78 Å². The summed E-state index contributed by atoms with van der Waals surface area (Å²) < 4.78 is 55.8. The second kappa shape index (κ2) is 15.9. The third-order valence-electron chi connectivity index (χ3n) is 6.92. The Morgan fingerprint density at radius 1 is 0.881 bits per heavy atom. The molecule has 3 aromatic rings. The van der Waals surface area contributed by atoms with Gasteiger partial charge in [-0.2, -0.15) is 4.31 Å². The molecule has 0 bridgehead atoms. The lowest BCUT2D eigenvalue weighted by Gasteiger charge is -2.25. The Balaban J connectivity index is 1.80. The van der Waals surface area contributed by atoms with Crippen molar-refractivity contribution in [3.05, 3.63) is 101 Å². The quantitative estimate of drug-likeness (QED) is 0.219. The van der Waals surface area contributed by atoms with E-state index in [9.17, 15) is 27.1 Å². The number of aliphatic hydroxyl groups excluding tert-OH is 1. The topological polar surface area (TPSA) is 98.7 Å². The number of nitrogens with zero attached hydrogens (tertiary/aromatic N) is 1. The second-order valence-corrected chi connectivity index (χ2v) is 12.3. The van der Waals surface area contributed by atoms with Crippen molar-refractivity contribution in [3.8, 4) is 0 Å². The number of carbonyl (C=O) groups excluding carboxylic acids is 1. The first-order valence-electron chi connectivity index (χ1n) is 14.4. The van der Waals surface area contributed by atoms with Gasteiger partial charge in [0.2, 0.25) is 10.0 Å². The highest BCUT2D eigenvalue weighted by Gasteiger charge is 2.26. The molecular weight excluding hydrogens is 560 g/mol. The molecule has 3 aromatic carbocycles. The highest BCUT2D eigenvalue weighted by molar-refractivity contribution is 7.89. The molecule has 0 saturated carbocycles. The van der Waals surface area contributed by atoms with Gasteiger partial charge in [0.25, 0.3) is 5.91 Å². The SMILES string of the molecule is CCCN(CCC)S(=O)(=O)c1cccc(C(=O)N[C@H](Cc2cc(F)cc(F)c2)[C@@H](O)CNCc2cccc(CC)c2)c1. The molecule has 0 unspecified atom stereocenters. The minimum Gasteiger partial charge on any atom is -0.390 e. The summed E-state index contributed by atoms with van der Waals surface area (Å²) in [7, 11) is -3.82. The highest BCUT2D eigenvalue weighted by atomic mass is 32.2. The van der Waals surface area contributed by atoms with Crippen molar-refractivity contribution in [2.45, 2.75) is 70.0 Å². The van der Waals surface area contributed by atoms with Crippen LogP contribution < -0.4 is 10.6 Å². The van der Waals surface area contributed by atoms with E-state index < -0.39 is 39.7 Å². The zero-order valence-electron chi connectivity index (χ0n) is 24.4. The fourth-order valence-corrected chi connectivity index (χ4v) is 6.45. The Morgan fingerprint density at radius 2 is 1.52 bits per heavy atom. The van der Waals surface area contributed by atoms with E-state index in [0.29, 0.717) is 32.5 Å². The van der Waals surface area contributed by atoms with Crippen LogP contribution in [0.5, 0.6) is 0 Å². The number of aryl methyl sites for hydroxylation is 1. The molecule has 0 aliphatic carbocycles. The molecule has 7 nitrogen and oxygen atoms in total. The first kappa shape index (κ1) is 33.3. The Labute approximate surface area is 248 Å². The number of halogens is 2. The number of amides is 1. The normalized spacial score (nSPS) is 13.2. The monoisotopic (exact) mass is 601 g/mol. The molecule has 0 radical (unpaired) electrons. The molecule has 228 valence electrons. The minimum absolute atomic E-state index is 0.00248. The number of rotatable bonds is 16. The molecule has 0 heterocycles. The van der Waals surface area contributed by atoms with E-state index >= 15 is 0 Å². The van der Waals surface area contributed by atoms with Gasteiger partial charge in [0, 0.05) is 37.8 Å². The lowest BCUT2D eigenvalue weighted by atomic mass is 10.00. The van der Waals surface area contributed by atoms with Crippen molar-refractivity contribution < 1.29 is 27.1 Å². The molecule has 0 spiro atoms. The van der Waals surface area contributed by atoms with E-state index in [-0.39, 0.29) is 29.0 Å². The fourth-order valence-electron chi connectivity index (χ4n) is 4.78. The number of aliphatic hydroxyl groups is 1. The maximum atomic E-state index is 13.9. The number of carbonyl (C=O) groups is 1.